The van der Waals surface area contributed by atoms with Crippen molar-refractivity contribution in [2.45, 2.75) is 36.0 Å². The van der Waals surface area contributed by atoms with Crippen LogP contribution in [0.25, 0.3) is 0 Å². The summed E-state index contributed by atoms with van der Waals surface area (Å²) in [6, 6.07) is 13.9. The third-order valence-corrected chi connectivity index (χ3v) is 7.32. The van der Waals surface area contributed by atoms with E-state index in [1.165, 1.54) is 24.8 Å². The van der Waals surface area contributed by atoms with Crippen LogP contribution in [-0.4, -0.2) is 41.1 Å². The lowest BCUT2D eigenvalue weighted by atomic mass is 9.79. The summed E-state index contributed by atoms with van der Waals surface area (Å²) in [5.41, 5.74) is 1.36. The van der Waals surface area contributed by atoms with Gasteiger partial charge in [-0.25, -0.2) is 13.1 Å². The molecule has 8 heteroatoms. The first-order valence-corrected chi connectivity index (χ1v) is 11.9. The van der Waals surface area contributed by atoms with Gasteiger partial charge in [0.25, 0.3) is 5.91 Å². The van der Waals surface area contributed by atoms with E-state index in [9.17, 15) is 13.2 Å². The van der Waals surface area contributed by atoms with Crippen LogP contribution in [0.1, 0.15) is 41.6 Å². The van der Waals surface area contributed by atoms with E-state index in [0.717, 1.165) is 25.7 Å². The number of hydrogen-bond acceptors (Lipinski definition) is 4. The van der Waals surface area contributed by atoms with Gasteiger partial charge in [0, 0.05) is 36.2 Å². The Balaban J connectivity index is 1.72. The number of hydrogen-bond donors (Lipinski definition) is 2. The van der Waals surface area contributed by atoms with Gasteiger partial charge in [0.2, 0.25) is 10.0 Å². The van der Waals surface area contributed by atoms with Gasteiger partial charge in [-0.1, -0.05) is 42.6 Å². The Morgan fingerprint density at radius 3 is 2.50 bits per heavy atom. The molecule has 0 atom stereocenters. The molecule has 1 aliphatic rings. The van der Waals surface area contributed by atoms with E-state index in [-0.39, 0.29) is 29.4 Å². The zero-order valence-electron chi connectivity index (χ0n) is 17.0. The summed E-state index contributed by atoms with van der Waals surface area (Å²) in [7, 11) is -2.20. The van der Waals surface area contributed by atoms with Gasteiger partial charge in [0.15, 0.2) is 0 Å². The highest BCUT2D eigenvalue weighted by Gasteiger charge is 2.36. The van der Waals surface area contributed by atoms with Gasteiger partial charge in [-0.3, -0.25) is 4.79 Å². The highest BCUT2D eigenvalue weighted by atomic mass is 35.5. The highest BCUT2D eigenvalue weighted by molar-refractivity contribution is 7.89. The topological polar surface area (TPSA) is 84.5 Å². The molecule has 2 aromatic rings. The molecule has 2 aromatic carbocycles. The van der Waals surface area contributed by atoms with Crippen LogP contribution in [0.2, 0.25) is 5.02 Å². The molecule has 1 fully saturated rings. The largest absolute Gasteiger partial charge is 0.383 e. The molecule has 162 valence electrons. The van der Waals surface area contributed by atoms with Gasteiger partial charge in [0.05, 0.1) is 11.5 Å². The lowest BCUT2D eigenvalue weighted by molar-refractivity contribution is 0.0943. The van der Waals surface area contributed by atoms with Gasteiger partial charge in [-0.05, 0) is 48.7 Å². The number of carbonyl (C=O) groups is 1. The van der Waals surface area contributed by atoms with E-state index in [1.54, 1.807) is 12.1 Å². The molecule has 1 saturated carbocycles. The zero-order chi connectivity index (χ0) is 21.6. The summed E-state index contributed by atoms with van der Waals surface area (Å²) < 4.78 is 32.1. The van der Waals surface area contributed by atoms with Gasteiger partial charge in [0.1, 0.15) is 0 Å². The van der Waals surface area contributed by atoms with Gasteiger partial charge in [-0.2, -0.15) is 0 Å². The Kier molecular flexibility index (Phi) is 7.52. The molecular weight excluding hydrogens is 424 g/mol. The summed E-state index contributed by atoms with van der Waals surface area (Å²) in [6.45, 7) is 0.932. The first-order chi connectivity index (χ1) is 14.4. The fourth-order valence-electron chi connectivity index (χ4n) is 3.94. The molecule has 1 amide bonds. The lowest BCUT2D eigenvalue weighted by Crippen LogP contribution is -2.39. The van der Waals surface area contributed by atoms with E-state index in [1.807, 2.05) is 24.3 Å². The fourth-order valence-corrected chi connectivity index (χ4v) is 5.12. The Bertz CT molecular complexity index is 971. The van der Waals surface area contributed by atoms with Crippen LogP contribution in [-0.2, 0) is 20.2 Å². The van der Waals surface area contributed by atoms with E-state index in [2.05, 4.69) is 10.0 Å². The number of benzene rings is 2. The first-order valence-electron chi connectivity index (χ1n) is 9.99. The number of ether oxygens (including phenoxy) is 1. The molecule has 30 heavy (non-hydrogen) atoms. The second kappa shape index (κ2) is 9.92. The Hall–Kier alpha value is -1.93. The Morgan fingerprint density at radius 1 is 1.13 bits per heavy atom. The van der Waals surface area contributed by atoms with Crippen molar-refractivity contribution in [1.82, 2.24) is 10.0 Å². The standard InChI is InChI=1S/C22H27ClN2O4S/c1-29-14-13-25-30(27,28)20-6-4-5-17(15-20)21(26)24-16-22(11-2-3-12-22)18-7-9-19(23)10-8-18/h4-10,15,25H,2-3,11-14,16H2,1H3,(H,24,26). The first kappa shape index (κ1) is 22.7. The second-order valence-electron chi connectivity index (χ2n) is 7.60. The van der Waals surface area contributed by atoms with Crippen molar-refractivity contribution in [2.75, 3.05) is 26.8 Å². The Morgan fingerprint density at radius 2 is 1.83 bits per heavy atom. The molecule has 0 aliphatic heterocycles. The van der Waals surface area contributed by atoms with Crippen LogP contribution < -0.4 is 10.0 Å². The molecule has 0 aromatic heterocycles. The number of methoxy groups -OCH3 is 1. The lowest BCUT2D eigenvalue weighted by Gasteiger charge is -2.30. The molecule has 0 spiro atoms. The van der Waals surface area contributed by atoms with E-state index < -0.39 is 10.0 Å². The third kappa shape index (κ3) is 5.40. The van der Waals surface area contributed by atoms with Crippen LogP contribution in [0, 0.1) is 0 Å². The number of nitrogens with one attached hydrogen (secondary N) is 2. The molecule has 0 bridgehead atoms. The highest BCUT2D eigenvalue weighted by Crippen LogP contribution is 2.41. The third-order valence-electron chi connectivity index (χ3n) is 5.61. The van der Waals surface area contributed by atoms with Crippen molar-refractivity contribution in [1.29, 1.82) is 0 Å². The average molecular weight is 451 g/mol. The van der Waals surface area contributed by atoms with Crippen LogP contribution >= 0.6 is 11.6 Å². The number of halogens is 1. The second-order valence-corrected chi connectivity index (χ2v) is 9.80. The maximum atomic E-state index is 12.8. The summed E-state index contributed by atoms with van der Waals surface area (Å²) in [6.07, 6.45) is 4.21. The maximum Gasteiger partial charge on any atom is 0.251 e. The quantitative estimate of drug-likeness (QED) is 0.572. The van der Waals surface area contributed by atoms with Crippen molar-refractivity contribution in [3.05, 3.63) is 64.7 Å². The molecule has 0 heterocycles. The SMILES string of the molecule is COCCNS(=O)(=O)c1cccc(C(=O)NCC2(c3ccc(Cl)cc3)CCCC2)c1. The molecule has 3 rings (SSSR count). The van der Waals surface area contributed by atoms with E-state index >= 15 is 0 Å². The number of amides is 1. The molecular formula is C22H27ClN2O4S. The summed E-state index contributed by atoms with van der Waals surface area (Å²) in [5, 5.41) is 3.71. The Labute approximate surface area is 183 Å². The van der Waals surface area contributed by atoms with Crippen molar-refractivity contribution in [2.24, 2.45) is 0 Å². The number of rotatable bonds is 9. The van der Waals surface area contributed by atoms with Gasteiger partial charge in [-0.15, -0.1) is 0 Å². The van der Waals surface area contributed by atoms with Crippen LogP contribution in [0.4, 0.5) is 0 Å². The molecule has 0 unspecified atom stereocenters. The van der Waals surface area contributed by atoms with E-state index in [0.29, 0.717) is 17.1 Å². The number of sulfonamides is 1. The minimum atomic E-state index is -3.70. The van der Waals surface area contributed by atoms with Crippen LogP contribution in [0.5, 0.6) is 0 Å². The number of carbonyl (C=O) groups excluding carboxylic acids is 1. The minimum Gasteiger partial charge on any atom is -0.383 e. The van der Waals surface area contributed by atoms with Crippen LogP contribution in [0.3, 0.4) is 0 Å². The maximum absolute atomic E-state index is 12.8. The average Bonchev–Trinajstić information content (AvgIpc) is 3.23. The molecule has 0 saturated heterocycles. The summed E-state index contributed by atoms with van der Waals surface area (Å²) >= 11 is 6.03. The minimum absolute atomic E-state index is 0.0551. The normalized spacial score (nSPS) is 15.8. The predicted molar refractivity (Wildman–Crippen MR) is 117 cm³/mol. The fraction of sp³-hybridized carbons (Fsp3) is 0.409. The monoisotopic (exact) mass is 450 g/mol. The van der Waals surface area contributed by atoms with Crippen molar-refractivity contribution in [3.8, 4) is 0 Å². The molecule has 6 nitrogen and oxygen atoms in total. The predicted octanol–water partition coefficient (Wildman–Crippen LogP) is 3.51. The summed E-state index contributed by atoms with van der Waals surface area (Å²) in [5.74, 6) is -0.288. The van der Waals surface area contributed by atoms with Gasteiger partial charge >= 0.3 is 0 Å². The van der Waals surface area contributed by atoms with Crippen molar-refractivity contribution >= 4 is 27.5 Å². The van der Waals surface area contributed by atoms with E-state index in [4.69, 9.17) is 16.3 Å². The van der Waals surface area contributed by atoms with Crippen molar-refractivity contribution < 1.29 is 17.9 Å². The smallest absolute Gasteiger partial charge is 0.251 e. The molecule has 0 radical (unpaired) electrons. The molecule has 1 aliphatic carbocycles. The van der Waals surface area contributed by atoms with Crippen molar-refractivity contribution in [3.63, 3.8) is 0 Å². The van der Waals surface area contributed by atoms with Crippen LogP contribution in [0.15, 0.2) is 53.4 Å². The summed E-state index contributed by atoms with van der Waals surface area (Å²) in [4.78, 5) is 12.9. The van der Waals surface area contributed by atoms with Gasteiger partial charge < -0.3 is 10.1 Å². The zero-order valence-corrected chi connectivity index (χ0v) is 18.6. The molecule has 2 N–H and O–H groups in total.